The number of fused-ring (bicyclic) bond motifs is 9. The molecule has 0 fully saturated rings. The highest BCUT2D eigenvalue weighted by atomic mass is 15.1. The van der Waals surface area contributed by atoms with Crippen LogP contribution in [0.1, 0.15) is 25.0 Å². The first-order valence-electron chi connectivity index (χ1n) is 19.6. The molecular formula is C55H39N. The molecule has 0 saturated heterocycles. The Bertz CT molecular complexity index is 3170. The zero-order valence-electron chi connectivity index (χ0n) is 31.5. The third-order valence-corrected chi connectivity index (χ3v) is 12.2. The molecular weight excluding hydrogens is 675 g/mol. The van der Waals surface area contributed by atoms with E-state index in [2.05, 4.69) is 219 Å². The highest BCUT2D eigenvalue weighted by Crippen LogP contribution is 2.51. The van der Waals surface area contributed by atoms with E-state index in [0.29, 0.717) is 0 Å². The second kappa shape index (κ2) is 12.5. The van der Waals surface area contributed by atoms with Gasteiger partial charge in [-0.15, -0.1) is 0 Å². The Morgan fingerprint density at radius 3 is 1.79 bits per heavy atom. The van der Waals surface area contributed by atoms with Gasteiger partial charge in [-0.05, 0) is 136 Å². The summed E-state index contributed by atoms with van der Waals surface area (Å²) in [6.45, 7) is 4.69. The maximum Gasteiger partial charge on any atom is 0.0468 e. The van der Waals surface area contributed by atoms with Gasteiger partial charge >= 0.3 is 0 Å². The van der Waals surface area contributed by atoms with Crippen molar-refractivity contribution < 1.29 is 0 Å². The van der Waals surface area contributed by atoms with Crippen molar-refractivity contribution in [3.05, 3.63) is 211 Å². The van der Waals surface area contributed by atoms with Gasteiger partial charge in [-0.1, -0.05) is 166 Å². The normalized spacial score (nSPS) is 13.0. The van der Waals surface area contributed by atoms with Crippen molar-refractivity contribution in [3.63, 3.8) is 0 Å². The molecule has 56 heavy (non-hydrogen) atoms. The number of anilines is 3. The summed E-state index contributed by atoms with van der Waals surface area (Å²) < 4.78 is 0. The van der Waals surface area contributed by atoms with Crippen LogP contribution >= 0.6 is 0 Å². The van der Waals surface area contributed by atoms with Gasteiger partial charge in [-0.25, -0.2) is 0 Å². The van der Waals surface area contributed by atoms with Gasteiger partial charge < -0.3 is 4.90 Å². The summed E-state index contributed by atoms with van der Waals surface area (Å²) in [6.07, 6.45) is 0. The number of hydrogen-bond acceptors (Lipinski definition) is 1. The quantitative estimate of drug-likeness (QED) is 0.161. The lowest BCUT2D eigenvalue weighted by Gasteiger charge is -2.28. The Hall–Kier alpha value is -6.96. The summed E-state index contributed by atoms with van der Waals surface area (Å²) in [7, 11) is 0. The Labute approximate surface area is 327 Å². The van der Waals surface area contributed by atoms with Gasteiger partial charge in [0.05, 0.1) is 0 Å². The number of benzene rings is 10. The molecule has 1 heteroatoms. The van der Waals surface area contributed by atoms with Crippen LogP contribution in [0.15, 0.2) is 200 Å². The number of hydrogen-bond donors (Lipinski definition) is 0. The zero-order chi connectivity index (χ0) is 37.4. The number of nitrogens with zero attached hydrogens (tertiary/aromatic N) is 1. The van der Waals surface area contributed by atoms with Gasteiger partial charge in [-0.3, -0.25) is 0 Å². The molecule has 0 aromatic heterocycles. The molecule has 10 aromatic carbocycles. The SMILES string of the molecule is CC1(C)c2ccccc2-c2cc(N(c3ccc(-c4cc5ccc6ccccc6c5c5ccccc45)cc3)c3cccc(-c4ccc5ccccc5c4)c3)ccc21. The molecule has 1 aliphatic carbocycles. The van der Waals surface area contributed by atoms with E-state index in [1.807, 2.05) is 0 Å². The molecule has 0 heterocycles. The summed E-state index contributed by atoms with van der Waals surface area (Å²) in [5.41, 5.74) is 13.6. The van der Waals surface area contributed by atoms with Crippen molar-refractivity contribution in [1.82, 2.24) is 0 Å². The minimum atomic E-state index is -0.0537. The molecule has 1 nitrogen and oxygen atoms in total. The van der Waals surface area contributed by atoms with Crippen LogP contribution in [0.2, 0.25) is 0 Å². The van der Waals surface area contributed by atoms with Crippen molar-refractivity contribution >= 4 is 60.2 Å². The highest BCUT2D eigenvalue weighted by Gasteiger charge is 2.35. The predicted octanol–water partition coefficient (Wildman–Crippen LogP) is 15.4. The van der Waals surface area contributed by atoms with E-state index in [-0.39, 0.29) is 5.41 Å². The molecule has 0 N–H and O–H groups in total. The molecule has 0 atom stereocenters. The molecule has 0 amide bonds. The average molecular weight is 714 g/mol. The van der Waals surface area contributed by atoms with Crippen LogP contribution in [-0.4, -0.2) is 0 Å². The minimum Gasteiger partial charge on any atom is -0.310 e. The zero-order valence-corrected chi connectivity index (χ0v) is 31.5. The molecule has 0 radical (unpaired) electrons. The van der Waals surface area contributed by atoms with Crippen molar-refractivity contribution in [1.29, 1.82) is 0 Å². The maximum absolute atomic E-state index is 2.42. The van der Waals surface area contributed by atoms with E-state index in [1.54, 1.807) is 0 Å². The van der Waals surface area contributed by atoms with E-state index in [1.165, 1.54) is 87.6 Å². The Balaban J connectivity index is 1.07. The van der Waals surface area contributed by atoms with Gasteiger partial charge in [-0.2, -0.15) is 0 Å². The fraction of sp³-hybridized carbons (Fsp3) is 0.0545. The van der Waals surface area contributed by atoms with E-state index in [4.69, 9.17) is 0 Å². The summed E-state index contributed by atoms with van der Waals surface area (Å²) in [5.74, 6) is 0. The van der Waals surface area contributed by atoms with Crippen molar-refractivity contribution in [3.8, 4) is 33.4 Å². The van der Waals surface area contributed by atoms with Crippen molar-refractivity contribution in [2.45, 2.75) is 19.3 Å². The Morgan fingerprint density at radius 2 is 0.929 bits per heavy atom. The first-order valence-corrected chi connectivity index (χ1v) is 19.6. The maximum atomic E-state index is 2.42. The fourth-order valence-electron chi connectivity index (χ4n) is 9.40. The third-order valence-electron chi connectivity index (χ3n) is 12.2. The molecule has 264 valence electrons. The van der Waals surface area contributed by atoms with Gasteiger partial charge in [0, 0.05) is 22.5 Å². The van der Waals surface area contributed by atoms with E-state index < -0.39 is 0 Å². The van der Waals surface area contributed by atoms with Crippen LogP contribution in [0.5, 0.6) is 0 Å². The average Bonchev–Trinajstić information content (AvgIpc) is 3.48. The lowest BCUT2D eigenvalue weighted by molar-refractivity contribution is 0.660. The van der Waals surface area contributed by atoms with Crippen LogP contribution in [0.4, 0.5) is 17.1 Å². The summed E-state index contributed by atoms with van der Waals surface area (Å²) in [5, 5.41) is 10.2. The summed E-state index contributed by atoms with van der Waals surface area (Å²) in [4.78, 5) is 2.42. The molecule has 11 rings (SSSR count). The van der Waals surface area contributed by atoms with Crippen molar-refractivity contribution in [2.24, 2.45) is 0 Å². The summed E-state index contributed by atoms with van der Waals surface area (Å²) >= 11 is 0. The lowest BCUT2D eigenvalue weighted by atomic mass is 9.82. The van der Waals surface area contributed by atoms with E-state index in [9.17, 15) is 0 Å². The second-order valence-corrected chi connectivity index (χ2v) is 15.7. The van der Waals surface area contributed by atoms with Gasteiger partial charge in [0.15, 0.2) is 0 Å². The fourth-order valence-corrected chi connectivity index (χ4v) is 9.40. The minimum absolute atomic E-state index is 0.0537. The largest absolute Gasteiger partial charge is 0.310 e. The molecule has 0 spiro atoms. The van der Waals surface area contributed by atoms with E-state index in [0.717, 1.165) is 17.1 Å². The first-order chi connectivity index (χ1) is 27.5. The predicted molar refractivity (Wildman–Crippen MR) is 240 cm³/mol. The van der Waals surface area contributed by atoms with Gasteiger partial charge in [0.2, 0.25) is 0 Å². The van der Waals surface area contributed by atoms with Crippen LogP contribution in [0.3, 0.4) is 0 Å². The standard InChI is InChI=1S/C55H39N/c1-55(2)52-21-10-9-19-48(52)51-35-45(30-31-53(51)55)56(44-16-11-15-40(33-44)41-24-22-36-12-3-4-14-39(36)32-41)43-28-26-38(27-29-43)50-34-42-25-23-37-13-5-6-17-46(37)54(42)49-20-8-7-18-47(49)50/h3-35H,1-2H3. The topological polar surface area (TPSA) is 3.24 Å². The van der Waals surface area contributed by atoms with Crippen LogP contribution in [0.25, 0.3) is 76.5 Å². The first kappa shape index (κ1) is 32.5. The molecule has 0 aliphatic heterocycles. The summed E-state index contributed by atoms with van der Waals surface area (Å²) in [6, 6.07) is 74.0. The molecule has 1 aliphatic rings. The number of rotatable bonds is 5. The molecule has 10 aromatic rings. The monoisotopic (exact) mass is 713 g/mol. The molecule has 0 saturated carbocycles. The smallest absolute Gasteiger partial charge is 0.0468 e. The van der Waals surface area contributed by atoms with E-state index >= 15 is 0 Å². The molecule has 0 bridgehead atoms. The Morgan fingerprint density at radius 1 is 0.321 bits per heavy atom. The van der Waals surface area contributed by atoms with Gasteiger partial charge in [0.1, 0.15) is 0 Å². The molecule has 0 unspecified atom stereocenters. The van der Waals surface area contributed by atoms with Crippen LogP contribution in [-0.2, 0) is 5.41 Å². The Kier molecular flexibility index (Phi) is 7.28. The second-order valence-electron chi connectivity index (χ2n) is 15.7. The van der Waals surface area contributed by atoms with Crippen LogP contribution < -0.4 is 4.90 Å². The van der Waals surface area contributed by atoms with Crippen LogP contribution in [0, 0.1) is 0 Å². The van der Waals surface area contributed by atoms with Gasteiger partial charge in [0.25, 0.3) is 0 Å². The van der Waals surface area contributed by atoms with Crippen molar-refractivity contribution in [2.75, 3.05) is 4.90 Å². The highest BCUT2D eigenvalue weighted by molar-refractivity contribution is 6.23. The third kappa shape index (κ3) is 5.08. The lowest BCUT2D eigenvalue weighted by Crippen LogP contribution is -2.15.